The van der Waals surface area contributed by atoms with Gasteiger partial charge in [-0.2, -0.15) is 0 Å². The molecule has 0 fully saturated rings. The molecule has 5 nitrogen and oxygen atoms in total. The minimum atomic E-state index is -0.139. The average molecular weight is 357 g/mol. The predicted octanol–water partition coefficient (Wildman–Crippen LogP) is 3.41. The van der Waals surface area contributed by atoms with Crippen molar-refractivity contribution in [1.29, 1.82) is 0 Å². The molecular formula is C13H17BrN4OS. The zero-order valence-electron chi connectivity index (χ0n) is 11.7. The number of rotatable bonds is 5. The largest absolute Gasteiger partial charge is 0.331 e. The van der Waals surface area contributed by atoms with E-state index in [9.17, 15) is 4.79 Å². The lowest BCUT2D eigenvalue weighted by Gasteiger charge is -2.18. The number of thiophene rings is 1. The maximum absolute atomic E-state index is 12.4. The molecule has 1 amide bonds. The SMILES string of the molecule is CCN(Cc1ccc(Br)s1)C(=O)c1n[nH]c(C(C)C)n1. The Hall–Kier alpha value is -1.21. The Morgan fingerprint density at radius 2 is 2.25 bits per heavy atom. The second-order valence-corrected chi connectivity index (χ2v) is 7.27. The van der Waals surface area contributed by atoms with E-state index in [4.69, 9.17) is 0 Å². The first-order chi connectivity index (χ1) is 9.51. The molecule has 0 unspecified atom stereocenters. The lowest BCUT2D eigenvalue weighted by atomic mass is 10.2. The van der Waals surface area contributed by atoms with Crippen molar-refractivity contribution in [2.24, 2.45) is 0 Å². The lowest BCUT2D eigenvalue weighted by molar-refractivity contribution is 0.0742. The minimum absolute atomic E-state index is 0.139. The van der Waals surface area contributed by atoms with Gasteiger partial charge in [-0.3, -0.25) is 9.89 Å². The number of nitrogens with zero attached hydrogens (tertiary/aromatic N) is 3. The summed E-state index contributed by atoms with van der Waals surface area (Å²) in [5.74, 6) is 1.07. The van der Waals surface area contributed by atoms with Crippen LogP contribution in [0.25, 0.3) is 0 Å². The molecule has 0 aromatic carbocycles. The molecule has 0 aliphatic rings. The van der Waals surface area contributed by atoms with Crippen LogP contribution in [0.15, 0.2) is 15.9 Å². The van der Waals surface area contributed by atoms with E-state index in [1.165, 1.54) is 0 Å². The molecule has 0 saturated heterocycles. The van der Waals surface area contributed by atoms with Gasteiger partial charge in [0, 0.05) is 17.3 Å². The first-order valence-corrected chi connectivity index (χ1v) is 8.08. The zero-order chi connectivity index (χ0) is 14.7. The summed E-state index contributed by atoms with van der Waals surface area (Å²) in [6, 6.07) is 4.00. The molecule has 2 aromatic heterocycles. The number of carbonyl (C=O) groups is 1. The van der Waals surface area contributed by atoms with Crippen LogP contribution in [0.1, 0.15) is 48.0 Å². The van der Waals surface area contributed by atoms with Crippen LogP contribution in [0.5, 0.6) is 0 Å². The number of carbonyl (C=O) groups excluding carboxylic acids is 1. The molecule has 0 radical (unpaired) electrons. The summed E-state index contributed by atoms with van der Waals surface area (Å²) >= 11 is 5.06. The Bertz CT molecular complexity index is 593. The van der Waals surface area contributed by atoms with Crippen LogP contribution in [-0.2, 0) is 6.54 Å². The second kappa shape index (κ2) is 6.49. The van der Waals surface area contributed by atoms with E-state index < -0.39 is 0 Å². The predicted molar refractivity (Wildman–Crippen MR) is 82.9 cm³/mol. The fourth-order valence-electron chi connectivity index (χ4n) is 1.72. The summed E-state index contributed by atoms with van der Waals surface area (Å²) in [4.78, 5) is 19.5. The van der Waals surface area contributed by atoms with E-state index in [-0.39, 0.29) is 17.6 Å². The molecule has 0 bridgehead atoms. The smallest absolute Gasteiger partial charge is 0.293 e. The van der Waals surface area contributed by atoms with Crippen molar-refractivity contribution in [3.05, 3.63) is 32.4 Å². The van der Waals surface area contributed by atoms with Gasteiger partial charge in [0.1, 0.15) is 5.82 Å². The summed E-state index contributed by atoms with van der Waals surface area (Å²) in [7, 11) is 0. The van der Waals surface area contributed by atoms with E-state index in [2.05, 4.69) is 31.1 Å². The maximum Gasteiger partial charge on any atom is 0.293 e. The van der Waals surface area contributed by atoms with Crippen molar-refractivity contribution in [2.75, 3.05) is 6.54 Å². The number of hydrogen-bond acceptors (Lipinski definition) is 4. The molecule has 108 valence electrons. The Morgan fingerprint density at radius 1 is 1.50 bits per heavy atom. The van der Waals surface area contributed by atoms with Crippen LogP contribution in [0.2, 0.25) is 0 Å². The molecule has 0 atom stereocenters. The number of halogens is 1. The average Bonchev–Trinajstić information content (AvgIpc) is 3.04. The Morgan fingerprint density at radius 3 is 2.75 bits per heavy atom. The summed E-state index contributed by atoms with van der Waals surface area (Å²) in [5.41, 5.74) is 0. The van der Waals surface area contributed by atoms with Crippen LogP contribution in [0.3, 0.4) is 0 Å². The van der Waals surface area contributed by atoms with Crippen molar-refractivity contribution in [3.63, 3.8) is 0 Å². The fourth-order valence-corrected chi connectivity index (χ4v) is 3.22. The van der Waals surface area contributed by atoms with Crippen LogP contribution in [-0.4, -0.2) is 32.5 Å². The van der Waals surface area contributed by atoms with Crippen molar-refractivity contribution < 1.29 is 4.79 Å². The maximum atomic E-state index is 12.4. The minimum Gasteiger partial charge on any atom is -0.331 e. The van der Waals surface area contributed by atoms with Gasteiger partial charge in [-0.25, -0.2) is 4.98 Å². The van der Waals surface area contributed by atoms with Gasteiger partial charge in [-0.1, -0.05) is 13.8 Å². The summed E-state index contributed by atoms with van der Waals surface area (Å²) in [5, 5.41) is 6.84. The van der Waals surface area contributed by atoms with Crippen molar-refractivity contribution in [3.8, 4) is 0 Å². The van der Waals surface area contributed by atoms with E-state index in [1.54, 1.807) is 16.2 Å². The van der Waals surface area contributed by atoms with Gasteiger partial charge in [-0.05, 0) is 35.0 Å². The molecule has 20 heavy (non-hydrogen) atoms. The fraction of sp³-hybridized carbons (Fsp3) is 0.462. The molecule has 2 aromatic rings. The highest BCUT2D eigenvalue weighted by Gasteiger charge is 2.20. The molecule has 7 heteroatoms. The number of H-pyrrole nitrogens is 1. The standard InChI is InChI=1S/C13H17BrN4OS/c1-4-18(7-9-5-6-10(14)20-9)13(19)12-15-11(8(2)3)16-17-12/h5-6,8H,4,7H2,1-3H3,(H,15,16,17). The number of aromatic nitrogens is 3. The summed E-state index contributed by atoms with van der Waals surface area (Å²) < 4.78 is 1.07. The third-order valence-electron chi connectivity index (χ3n) is 2.89. The summed E-state index contributed by atoms with van der Waals surface area (Å²) in [6.45, 7) is 7.18. The molecule has 0 spiro atoms. The van der Waals surface area contributed by atoms with Gasteiger partial charge in [-0.15, -0.1) is 16.4 Å². The Labute approximate surface area is 130 Å². The highest BCUT2D eigenvalue weighted by Crippen LogP contribution is 2.23. The first kappa shape index (κ1) is 15.2. The Balaban J connectivity index is 2.11. The summed E-state index contributed by atoms with van der Waals surface area (Å²) in [6.07, 6.45) is 0. The number of hydrogen-bond donors (Lipinski definition) is 1. The zero-order valence-corrected chi connectivity index (χ0v) is 14.1. The molecule has 0 saturated carbocycles. The van der Waals surface area contributed by atoms with Crippen molar-refractivity contribution in [2.45, 2.75) is 33.2 Å². The molecule has 1 N–H and O–H groups in total. The van der Waals surface area contributed by atoms with Crippen LogP contribution >= 0.6 is 27.3 Å². The number of aromatic amines is 1. The van der Waals surface area contributed by atoms with Gasteiger partial charge in [0.2, 0.25) is 5.82 Å². The lowest BCUT2D eigenvalue weighted by Crippen LogP contribution is -2.30. The van der Waals surface area contributed by atoms with Gasteiger partial charge in [0.05, 0.1) is 10.3 Å². The van der Waals surface area contributed by atoms with Gasteiger partial charge in [0.15, 0.2) is 0 Å². The third-order valence-corrected chi connectivity index (χ3v) is 4.49. The monoisotopic (exact) mass is 356 g/mol. The Kier molecular flexibility index (Phi) is 4.93. The first-order valence-electron chi connectivity index (χ1n) is 6.47. The normalized spacial score (nSPS) is 11.1. The topological polar surface area (TPSA) is 61.9 Å². The molecule has 2 rings (SSSR count). The van der Waals surface area contributed by atoms with Crippen LogP contribution in [0.4, 0.5) is 0 Å². The molecule has 0 aliphatic heterocycles. The van der Waals surface area contributed by atoms with Gasteiger partial charge < -0.3 is 4.90 Å². The molecule has 2 heterocycles. The van der Waals surface area contributed by atoms with Crippen LogP contribution in [0, 0.1) is 0 Å². The van der Waals surface area contributed by atoms with E-state index in [1.807, 2.05) is 32.9 Å². The highest BCUT2D eigenvalue weighted by molar-refractivity contribution is 9.11. The quantitative estimate of drug-likeness (QED) is 0.892. The van der Waals surface area contributed by atoms with Crippen LogP contribution < -0.4 is 0 Å². The molecular weight excluding hydrogens is 340 g/mol. The van der Waals surface area contributed by atoms with E-state index >= 15 is 0 Å². The van der Waals surface area contributed by atoms with E-state index in [0.717, 1.165) is 14.5 Å². The third kappa shape index (κ3) is 3.46. The molecule has 0 aliphatic carbocycles. The second-order valence-electron chi connectivity index (χ2n) is 4.72. The number of amides is 1. The van der Waals surface area contributed by atoms with Gasteiger partial charge in [0.25, 0.3) is 5.91 Å². The highest BCUT2D eigenvalue weighted by atomic mass is 79.9. The van der Waals surface area contributed by atoms with Gasteiger partial charge >= 0.3 is 0 Å². The van der Waals surface area contributed by atoms with Crippen molar-refractivity contribution >= 4 is 33.2 Å². The number of nitrogens with one attached hydrogen (secondary N) is 1. The van der Waals surface area contributed by atoms with E-state index in [0.29, 0.717) is 13.1 Å². The van der Waals surface area contributed by atoms with Crippen molar-refractivity contribution in [1.82, 2.24) is 20.1 Å².